The van der Waals surface area contributed by atoms with E-state index in [1.807, 2.05) is 36.4 Å². The van der Waals surface area contributed by atoms with Gasteiger partial charge < -0.3 is 4.57 Å². The summed E-state index contributed by atoms with van der Waals surface area (Å²) in [6, 6.07) is 26.8. The van der Waals surface area contributed by atoms with E-state index in [2.05, 4.69) is 29.2 Å². The zero-order valence-corrected chi connectivity index (χ0v) is 20.8. The summed E-state index contributed by atoms with van der Waals surface area (Å²) in [4.78, 5) is 32.9. The quantitative estimate of drug-likeness (QED) is 0.327. The van der Waals surface area contributed by atoms with Crippen LogP contribution in [0.2, 0.25) is 0 Å². The number of rotatable bonds is 8. The van der Waals surface area contributed by atoms with Crippen molar-refractivity contribution in [2.24, 2.45) is 14.1 Å². The van der Waals surface area contributed by atoms with Crippen molar-refractivity contribution in [1.82, 2.24) is 23.6 Å². The number of aryl methyl sites for hydroxylation is 1. The lowest BCUT2D eigenvalue weighted by Gasteiger charge is -2.23. The molecule has 37 heavy (non-hydrogen) atoms. The molecule has 0 fully saturated rings. The van der Waals surface area contributed by atoms with Crippen LogP contribution < -0.4 is 11.2 Å². The molecule has 0 atom stereocenters. The number of nitrogens with zero attached hydrogens (tertiary/aromatic N) is 5. The number of halogens is 1. The van der Waals surface area contributed by atoms with E-state index in [1.165, 1.54) is 17.7 Å². The van der Waals surface area contributed by atoms with Crippen molar-refractivity contribution in [2.75, 3.05) is 0 Å². The maximum absolute atomic E-state index is 14.7. The fourth-order valence-corrected chi connectivity index (χ4v) is 4.63. The van der Waals surface area contributed by atoms with E-state index in [0.29, 0.717) is 36.7 Å². The lowest BCUT2D eigenvalue weighted by molar-refractivity contribution is 0.238. The molecule has 8 heteroatoms. The Labute approximate surface area is 213 Å². The van der Waals surface area contributed by atoms with Gasteiger partial charge in [0, 0.05) is 32.7 Å². The molecule has 0 saturated heterocycles. The molecule has 7 nitrogen and oxygen atoms in total. The van der Waals surface area contributed by atoms with E-state index in [1.54, 1.807) is 29.8 Å². The van der Waals surface area contributed by atoms with Gasteiger partial charge in [0.15, 0.2) is 11.2 Å². The van der Waals surface area contributed by atoms with Crippen molar-refractivity contribution in [3.63, 3.8) is 0 Å². The Morgan fingerprint density at radius 1 is 0.757 bits per heavy atom. The topological polar surface area (TPSA) is 65.1 Å². The molecule has 2 aromatic heterocycles. The third-order valence-electron chi connectivity index (χ3n) is 6.58. The van der Waals surface area contributed by atoms with Crippen molar-refractivity contribution in [3.8, 4) is 0 Å². The van der Waals surface area contributed by atoms with Gasteiger partial charge in [-0.2, -0.15) is 0 Å². The highest BCUT2D eigenvalue weighted by molar-refractivity contribution is 5.71. The summed E-state index contributed by atoms with van der Waals surface area (Å²) in [5.41, 5.74) is 2.38. The van der Waals surface area contributed by atoms with Crippen molar-refractivity contribution in [1.29, 1.82) is 0 Å². The molecule has 3 aromatic carbocycles. The van der Waals surface area contributed by atoms with Gasteiger partial charge in [-0.15, -0.1) is 0 Å². The predicted octanol–water partition coefficient (Wildman–Crippen LogP) is 3.82. The Kier molecular flexibility index (Phi) is 6.83. The first-order chi connectivity index (χ1) is 17.9. The zero-order valence-electron chi connectivity index (χ0n) is 20.8. The molecule has 188 valence electrons. The highest BCUT2D eigenvalue weighted by atomic mass is 19.1. The van der Waals surface area contributed by atoms with Crippen LogP contribution >= 0.6 is 0 Å². The van der Waals surface area contributed by atoms with E-state index >= 15 is 0 Å². The summed E-state index contributed by atoms with van der Waals surface area (Å²) in [6.45, 7) is 1.81. The second-order valence-corrected chi connectivity index (χ2v) is 9.20. The number of benzene rings is 3. The second kappa shape index (κ2) is 10.4. The van der Waals surface area contributed by atoms with Crippen LogP contribution in [0.5, 0.6) is 0 Å². The van der Waals surface area contributed by atoms with Crippen molar-refractivity contribution >= 4 is 11.2 Å². The van der Waals surface area contributed by atoms with Crippen molar-refractivity contribution in [2.45, 2.75) is 26.2 Å². The lowest BCUT2D eigenvalue weighted by Crippen LogP contribution is -2.37. The van der Waals surface area contributed by atoms with Crippen LogP contribution in [0.15, 0.2) is 94.5 Å². The standard InChI is InChI=1S/C29H28FN5O2/c1-32-27-26(28(36)33(2)29(32)37)35(19-23-15-9-10-16-24(23)30)25(31-27)20-34(17-21-11-5-3-6-12-21)18-22-13-7-4-8-14-22/h3-16H,17-20H2,1-2H3. The fourth-order valence-electron chi connectivity index (χ4n) is 4.63. The third-order valence-corrected chi connectivity index (χ3v) is 6.58. The normalized spacial score (nSPS) is 11.5. The van der Waals surface area contributed by atoms with Crippen LogP contribution in [0, 0.1) is 5.82 Å². The Balaban J connectivity index is 1.63. The fraction of sp³-hybridized carbons (Fsp3) is 0.207. The minimum Gasteiger partial charge on any atom is -0.316 e. The monoisotopic (exact) mass is 497 g/mol. The first kappa shape index (κ1) is 24.4. The molecule has 0 aliphatic carbocycles. The molecule has 5 rings (SSSR count). The molecule has 5 aromatic rings. The second-order valence-electron chi connectivity index (χ2n) is 9.20. The third kappa shape index (κ3) is 5.01. The molecular formula is C29H28FN5O2. The number of aromatic nitrogens is 4. The predicted molar refractivity (Wildman–Crippen MR) is 142 cm³/mol. The molecular weight excluding hydrogens is 469 g/mol. The van der Waals surface area contributed by atoms with Gasteiger partial charge in [-0.05, 0) is 17.2 Å². The SMILES string of the molecule is Cn1c(=O)c2c(nc(CN(Cc3ccccc3)Cc3ccccc3)n2Cc2ccccc2F)n(C)c1=O. The summed E-state index contributed by atoms with van der Waals surface area (Å²) in [5.74, 6) is 0.228. The number of fused-ring (bicyclic) bond motifs is 1. The minimum atomic E-state index is -0.454. The molecule has 0 radical (unpaired) electrons. The van der Waals surface area contributed by atoms with Gasteiger partial charge >= 0.3 is 5.69 Å². The van der Waals surface area contributed by atoms with E-state index in [-0.39, 0.29) is 17.9 Å². The highest BCUT2D eigenvalue weighted by Gasteiger charge is 2.22. The molecule has 0 amide bonds. The molecule has 0 bridgehead atoms. The van der Waals surface area contributed by atoms with Gasteiger partial charge in [0.05, 0.1) is 13.1 Å². The number of imidazole rings is 1. The van der Waals surface area contributed by atoms with Crippen LogP contribution in [-0.2, 0) is 40.3 Å². The van der Waals surface area contributed by atoms with Crippen molar-refractivity contribution < 1.29 is 4.39 Å². The first-order valence-electron chi connectivity index (χ1n) is 12.1. The van der Waals surface area contributed by atoms with Gasteiger partial charge in [-0.3, -0.25) is 18.8 Å². The van der Waals surface area contributed by atoms with Gasteiger partial charge in [-0.1, -0.05) is 78.9 Å². The minimum absolute atomic E-state index is 0.121. The van der Waals surface area contributed by atoms with Crippen LogP contribution in [0.1, 0.15) is 22.5 Å². The van der Waals surface area contributed by atoms with Crippen LogP contribution in [0.3, 0.4) is 0 Å². The molecule has 0 spiro atoms. The Bertz CT molecular complexity index is 1610. The maximum Gasteiger partial charge on any atom is 0.332 e. The molecule has 0 saturated carbocycles. The Hall–Kier alpha value is -4.30. The Morgan fingerprint density at radius 3 is 1.92 bits per heavy atom. The average molecular weight is 498 g/mol. The number of hydrogen-bond donors (Lipinski definition) is 0. The lowest BCUT2D eigenvalue weighted by atomic mass is 10.1. The molecule has 0 aliphatic rings. The van der Waals surface area contributed by atoms with E-state index in [9.17, 15) is 14.0 Å². The molecule has 2 heterocycles. The molecule has 0 N–H and O–H groups in total. The largest absolute Gasteiger partial charge is 0.332 e. The summed E-state index contributed by atoms with van der Waals surface area (Å²) in [6.07, 6.45) is 0. The smallest absolute Gasteiger partial charge is 0.316 e. The van der Waals surface area contributed by atoms with Gasteiger partial charge in [-0.25, -0.2) is 14.2 Å². The summed E-state index contributed by atoms with van der Waals surface area (Å²) in [5, 5.41) is 0. The van der Waals surface area contributed by atoms with Crippen LogP contribution in [0.4, 0.5) is 4.39 Å². The zero-order chi connectivity index (χ0) is 25.9. The Morgan fingerprint density at radius 2 is 1.32 bits per heavy atom. The van der Waals surface area contributed by atoms with Gasteiger partial charge in [0.2, 0.25) is 0 Å². The van der Waals surface area contributed by atoms with Gasteiger partial charge in [0.25, 0.3) is 5.56 Å². The van der Waals surface area contributed by atoms with Crippen LogP contribution in [0.25, 0.3) is 11.2 Å². The van der Waals surface area contributed by atoms with E-state index in [0.717, 1.165) is 15.7 Å². The first-order valence-corrected chi connectivity index (χ1v) is 12.1. The summed E-state index contributed by atoms with van der Waals surface area (Å²) >= 11 is 0. The average Bonchev–Trinajstić information content (AvgIpc) is 3.26. The van der Waals surface area contributed by atoms with Crippen LogP contribution in [-0.4, -0.2) is 23.6 Å². The number of hydrogen-bond acceptors (Lipinski definition) is 4. The summed E-state index contributed by atoms with van der Waals surface area (Å²) in [7, 11) is 3.04. The van der Waals surface area contributed by atoms with Gasteiger partial charge in [0.1, 0.15) is 11.6 Å². The van der Waals surface area contributed by atoms with E-state index < -0.39 is 11.2 Å². The molecule has 0 unspecified atom stereocenters. The highest BCUT2D eigenvalue weighted by Crippen LogP contribution is 2.20. The van der Waals surface area contributed by atoms with Crippen molar-refractivity contribution in [3.05, 3.63) is 134 Å². The maximum atomic E-state index is 14.7. The van der Waals surface area contributed by atoms with E-state index in [4.69, 9.17) is 4.98 Å². The summed E-state index contributed by atoms with van der Waals surface area (Å²) < 4.78 is 18.9. The molecule has 0 aliphatic heterocycles.